The summed E-state index contributed by atoms with van der Waals surface area (Å²) in [6.07, 6.45) is 1.00. The van der Waals surface area contributed by atoms with E-state index in [0.29, 0.717) is 0 Å². The summed E-state index contributed by atoms with van der Waals surface area (Å²) >= 11 is 5.41. The van der Waals surface area contributed by atoms with Gasteiger partial charge in [0, 0.05) is 53.0 Å². The summed E-state index contributed by atoms with van der Waals surface area (Å²) in [5.41, 5.74) is 0. The first kappa shape index (κ1) is 15.7. The Balaban J connectivity index is 2.15. The summed E-state index contributed by atoms with van der Waals surface area (Å²) < 4.78 is 5.02. The van der Waals surface area contributed by atoms with Crippen LogP contribution < -0.4 is 5.32 Å². The number of thiocarbonyl (C=S) groups is 1. The second kappa shape index (κ2) is 8.67. The molecule has 0 saturated carbocycles. The highest BCUT2D eigenvalue weighted by molar-refractivity contribution is 7.80. The third-order valence-electron chi connectivity index (χ3n) is 3.08. The van der Waals surface area contributed by atoms with Crippen molar-refractivity contribution in [3.63, 3.8) is 0 Å². The second-order valence-electron chi connectivity index (χ2n) is 5.26. The number of ether oxygens (including phenoxy) is 1. The molecule has 1 N–H and O–H groups in total. The first-order chi connectivity index (χ1) is 8.63. The van der Waals surface area contributed by atoms with Crippen LogP contribution in [0.1, 0.15) is 20.3 Å². The molecule has 0 aromatic heterocycles. The summed E-state index contributed by atoms with van der Waals surface area (Å²) in [5, 5.41) is 4.20. The van der Waals surface area contributed by atoms with Crippen molar-refractivity contribution < 1.29 is 4.74 Å². The van der Waals surface area contributed by atoms with Gasteiger partial charge in [0.1, 0.15) is 0 Å². The number of nitrogens with zero attached hydrogens (tertiary/aromatic N) is 2. The molecule has 0 spiro atoms. The summed E-state index contributed by atoms with van der Waals surface area (Å²) in [7, 11) is 1.73. The lowest BCUT2D eigenvalue weighted by atomic mass is 10.2. The SMILES string of the molecule is COCCCNC(=S)N1CCN(CC(C)C)CC1. The minimum absolute atomic E-state index is 0.746. The number of hydrogen-bond donors (Lipinski definition) is 1. The maximum atomic E-state index is 5.41. The summed E-state index contributed by atoms with van der Waals surface area (Å²) in [6.45, 7) is 11.8. The Morgan fingerprint density at radius 1 is 1.28 bits per heavy atom. The molecule has 1 aliphatic heterocycles. The highest BCUT2D eigenvalue weighted by atomic mass is 32.1. The maximum absolute atomic E-state index is 5.41. The molecule has 1 saturated heterocycles. The van der Waals surface area contributed by atoms with E-state index < -0.39 is 0 Å². The standard InChI is InChI=1S/C13H27N3OS/c1-12(2)11-15-6-8-16(9-7-15)13(18)14-5-4-10-17-3/h12H,4-11H2,1-3H3,(H,14,18). The fraction of sp³-hybridized carbons (Fsp3) is 0.923. The lowest BCUT2D eigenvalue weighted by molar-refractivity contribution is 0.165. The lowest BCUT2D eigenvalue weighted by Crippen LogP contribution is -2.52. The highest BCUT2D eigenvalue weighted by Gasteiger charge is 2.18. The van der Waals surface area contributed by atoms with Gasteiger partial charge >= 0.3 is 0 Å². The van der Waals surface area contributed by atoms with Gasteiger partial charge < -0.3 is 15.0 Å². The van der Waals surface area contributed by atoms with E-state index in [-0.39, 0.29) is 0 Å². The van der Waals surface area contributed by atoms with Gasteiger partial charge in [-0.15, -0.1) is 0 Å². The van der Waals surface area contributed by atoms with Gasteiger partial charge in [-0.2, -0.15) is 0 Å². The van der Waals surface area contributed by atoms with Crippen LogP contribution in [0, 0.1) is 5.92 Å². The molecule has 0 bridgehead atoms. The molecule has 5 heteroatoms. The first-order valence-electron chi connectivity index (χ1n) is 6.87. The molecule has 106 valence electrons. The molecule has 1 heterocycles. The smallest absolute Gasteiger partial charge is 0.169 e. The summed E-state index contributed by atoms with van der Waals surface area (Å²) in [6, 6.07) is 0. The summed E-state index contributed by atoms with van der Waals surface area (Å²) in [5.74, 6) is 0.746. The molecule has 0 aliphatic carbocycles. The number of methoxy groups -OCH3 is 1. The van der Waals surface area contributed by atoms with Crippen LogP contribution >= 0.6 is 12.2 Å². The Labute approximate surface area is 117 Å². The predicted molar refractivity (Wildman–Crippen MR) is 79.9 cm³/mol. The van der Waals surface area contributed by atoms with E-state index in [2.05, 4.69) is 29.0 Å². The van der Waals surface area contributed by atoms with E-state index in [1.54, 1.807) is 7.11 Å². The van der Waals surface area contributed by atoms with Crippen molar-refractivity contribution in [1.29, 1.82) is 0 Å². The topological polar surface area (TPSA) is 27.7 Å². The lowest BCUT2D eigenvalue weighted by Gasteiger charge is -2.36. The van der Waals surface area contributed by atoms with Crippen LogP contribution in [0.15, 0.2) is 0 Å². The number of nitrogens with one attached hydrogen (secondary N) is 1. The van der Waals surface area contributed by atoms with Gasteiger partial charge in [0.25, 0.3) is 0 Å². The molecule has 1 rings (SSSR count). The fourth-order valence-corrected chi connectivity index (χ4v) is 2.46. The van der Waals surface area contributed by atoms with Gasteiger partial charge in [-0.3, -0.25) is 4.90 Å². The van der Waals surface area contributed by atoms with Gasteiger partial charge in [0.15, 0.2) is 5.11 Å². The number of hydrogen-bond acceptors (Lipinski definition) is 3. The van der Waals surface area contributed by atoms with Crippen LogP contribution in [0.25, 0.3) is 0 Å². The van der Waals surface area contributed by atoms with Crippen molar-refractivity contribution in [3.8, 4) is 0 Å². The van der Waals surface area contributed by atoms with Crippen LogP contribution in [0.4, 0.5) is 0 Å². The maximum Gasteiger partial charge on any atom is 0.169 e. The Morgan fingerprint density at radius 2 is 1.94 bits per heavy atom. The second-order valence-corrected chi connectivity index (χ2v) is 5.65. The van der Waals surface area contributed by atoms with Gasteiger partial charge in [-0.1, -0.05) is 13.8 Å². The summed E-state index contributed by atoms with van der Waals surface area (Å²) in [4.78, 5) is 4.80. The van der Waals surface area contributed by atoms with E-state index >= 15 is 0 Å². The predicted octanol–water partition coefficient (Wildman–Crippen LogP) is 1.17. The Bertz CT molecular complexity index is 240. The first-order valence-corrected chi connectivity index (χ1v) is 7.28. The molecular weight excluding hydrogens is 246 g/mol. The largest absolute Gasteiger partial charge is 0.385 e. The van der Waals surface area contributed by atoms with Crippen molar-refractivity contribution in [1.82, 2.24) is 15.1 Å². The Hall–Kier alpha value is -0.390. The molecule has 0 amide bonds. The normalized spacial score (nSPS) is 17.2. The molecule has 0 aromatic carbocycles. The van der Waals surface area contributed by atoms with Crippen molar-refractivity contribution in [3.05, 3.63) is 0 Å². The van der Waals surface area contributed by atoms with Crippen LogP contribution in [-0.2, 0) is 4.74 Å². The molecule has 4 nitrogen and oxygen atoms in total. The average Bonchev–Trinajstić information content (AvgIpc) is 2.34. The van der Waals surface area contributed by atoms with Crippen molar-refractivity contribution >= 4 is 17.3 Å². The minimum Gasteiger partial charge on any atom is -0.385 e. The van der Waals surface area contributed by atoms with Crippen LogP contribution in [0.2, 0.25) is 0 Å². The quantitative estimate of drug-likeness (QED) is 0.579. The molecule has 1 fully saturated rings. The Morgan fingerprint density at radius 3 is 2.50 bits per heavy atom. The van der Waals surface area contributed by atoms with E-state index in [1.807, 2.05) is 0 Å². The molecule has 0 unspecified atom stereocenters. The molecule has 0 aromatic rings. The van der Waals surface area contributed by atoms with Crippen molar-refractivity contribution in [2.75, 3.05) is 53.0 Å². The molecular formula is C13H27N3OS. The van der Waals surface area contributed by atoms with E-state index in [9.17, 15) is 0 Å². The van der Waals surface area contributed by atoms with Gasteiger partial charge in [-0.25, -0.2) is 0 Å². The minimum atomic E-state index is 0.746. The fourth-order valence-electron chi connectivity index (χ4n) is 2.17. The van der Waals surface area contributed by atoms with Crippen LogP contribution in [0.3, 0.4) is 0 Å². The van der Waals surface area contributed by atoms with Crippen molar-refractivity contribution in [2.24, 2.45) is 5.92 Å². The van der Waals surface area contributed by atoms with Gasteiger partial charge in [0.05, 0.1) is 0 Å². The van der Waals surface area contributed by atoms with E-state index in [0.717, 1.165) is 56.8 Å². The average molecular weight is 273 g/mol. The zero-order valence-corrected chi connectivity index (χ0v) is 12.8. The number of rotatable bonds is 6. The van der Waals surface area contributed by atoms with Crippen LogP contribution in [-0.4, -0.2) is 67.9 Å². The van der Waals surface area contributed by atoms with Gasteiger partial charge in [-0.05, 0) is 24.6 Å². The third-order valence-corrected chi connectivity index (χ3v) is 3.49. The Kier molecular flexibility index (Phi) is 7.54. The molecule has 18 heavy (non-hydrogen) atoms. The monoisotopic (exact) mass is 273 g/mol. The molecule has 1 aliphatic rings. The van der Waals surface area contributed by atoms with E-state index in [4.69, 9.17) is 17.0 Å². The molecule has 0 atom stereocenters. The zero-order chi connectivity index (χ0) is 13.4. The number of piperazine rings is 1. The zero-order valence-electron chi connectivity index (χ0n) is 11.9. The third kappa shape index (κ3) is 5.98. The van der Waals surface area contributed by atoms with Crippen molar-refractivity contribution in [2.45, 2.75) is 20.3 Å². The van der Waals surface area contributed by atoms with Gasteiger partial charge in [0.2, 0.25) is 0 Å². The van der Waals surface area contributed by atoms with E-state index in [1.165, 1.54) is 6.54 Å². The highest BCUT2D eigenvalue weighted by Crippen LogP contribution is 2.05. The molecule has 0 radical (unpaired) electrons. The van der Waals surface area contributed by atoms with Crippen LogP contribution in [0.5, 0.6) is 0 Å².